The van der Waals surface area contributed by atoms with Gasteiger partial charge in [-0.05, 0) is 73.5 Å². The number of para-hydroxylation sites is 3. The third kappa shape index (κ3) is 3.38. The number of nitriles is 1. The summed E-state index contributed by atoms with van der Waals surface area (Å²) < 4.78 is 7.23. The van der Waals surface area contributed by atoms with Crippen molar-refractivity contribution in [1.29, 1.82) is 5.26 Å². The van der Waals surface area contributed by atoms with Crippen LogP contribution in [0.15, 0.2) is 109 Å². The molecule has 0 radical (unpaired) electrons. The Morgan fingerprint density at radius 3 is 2.26 bits per heavy atom. The number of fused-ring (bicyclic) bond motifs is 7. The molecule has 0 spiro atoms. The Bertz CT molecular complexity index is 2420. The predicted octanol–water partition coefficient (Wildman–Crippen LogP) is 10.6. The van der Waals surface area contributed by atoms with E-state index in [1.54, 1.807) is 0 Å². The van der Waals surface area contributed by atoms with Crippen LogP contribution in [0.3, 0.4) is 0 Å². The molecule has 3 nitrogen and oxygen atoms in total. The summed E-state index contributed by atoms with van der Waals surface area (Å²) in [6.07, 6.45) is 5.36. The molecule has 8 aromatic rings. The maximum atomic E-state index is 10.1. The molecule has 4 heteroatoms. The van der Waals surface area contributed by atoms with Crippen LogP contribution in [-0.4, -0.2) is 9.13 Å². The lowest BCUT2D eigenvalue weighted by molar-refractivity contribution is 1.07. The van der Waals surface area contributed by atoms with Gasteiger partial charge in [0, 0.05) is 47.7 Å². The molecule has 0 aliphatic heterocycles. The van der Waals surface area contributed by atoms with Crippen molar-refractivity contribution in [2.45, 2.75) is 20.3 Å². The number of aromatic nitrogens is 2. The van der Waals surface area contributed by atoms with Crippen molar-refractivity contribution in [1.82, 2.24) is 9.13 Å². The van der Waals surface area contributed by atoms with Crippen molar-refractivity contribution in [2.24, 2.45) is 0 Å². The summed E-state index contributed by atoms with van der Waals surface area (Å²) in [5.74, 6) is 0. The maximum absolute atomic E-state index is 10.1. The number of allylic oxidation sites excluding steroid dienone is 1. The van der Waals surface area contributed by atoms with Gasteiger partial charge in [-0.2, -0.15) is 5.26 Å². The van der Waals surface area contributed by atoms with Crippen LogP contribution >= 0.6 is 11.3 Å². The zero-order valence-electron chi connectivity index (χ0n) is 23.4. The van der Waals surface area contributed by atoms with Gasteiger partial charge < -0.3 is 9.13 Å². The van der Waals surface area contributed by atoms with Gasteiger partial charge in [0.25, 0.3) is 0 Å². The zero-order valence-corrected chi connectivity index (χ0v) is 24.2. The first kappa shape index (κ1) is 24.7. The van der Waals surface area contributed by atoms with Gasteiger partial charge in [0.1, 0.15) is 6.07 Å². The fourth-order valence-electron chi connectivity index (χ4n) is 6.79. The molecular weight excluding hydrogens is 531 g/mol. The molecule has 0 aliphatic carbocycles. The Labute approximate surface area is 247 Å². The van der Waals surface area contributed by atoms with Gasteiger partial charge in [-0.1, -0.05) is 67.6 Å². The molecule has 0 N–H and O–H groups in total. The van der Waals surface area contributed by atoms with E-state index >= 15 is 0 Å². The van der Waals surface area contributed by atoms with Crippen LogP contribution in [0, 0.1) is 11.3 Å². The van der Waals surface area contributed by atoms with Gasteiger partial charge >= 0.3 is 0 Å². The van der Waals surface area contributed by atoms with Crippen LogP contribution in [0.5, 0.6) is 0 Å². The largest absolute Gasteiger partial charge is 0.309 e. The van der Waals surface area contributed by atoms with Gasteiger partial charge in [-0.3, -0.25) is 0 Å². The van der Waals surface area contributed by atoms with Crippen molar-refractivity contribution in [2.75, 3.05) is 0 Å². The fraction of sp³-hybridized carbons (Fsp3) is 0.0789. The second kappa shape index (κ2) is 9.48. The molecule has 8 rings (SSSR count). The fourth-order valence-corrected chi connectivity index (χ4v) is 7.90. The molecule has 0 fully saturated rings. The van der Waals surface area contributed by atoms with Gasteiger partial charge in [0.05, 0.1) is 27.8 Å². The Morgan fingerprint density at radius 2 is 1.48 bits per heavy atom. The summed E-state index contributed by atoms with van der Waals surface area (Å²) in [6.45, 7) is 4.34. The van der Waals surface area contributed by atoms with E-state index in [4.69, 9.17) is 0 Å². The lowest BCUT2D eigenvalue weighted by Crippen LogP contribution is -1.99. The van der Waals surface area contributed by atoms with E-state index in [9.17, 15) is 5.26 Å². The molecule has 0 saturated carbocycles. The maximum Gasteiger partial charge on any atom is 0.101 e. The summed E-state index contributed by atoms with van der Waals surface area (Å²) in [5.41, 5.74) is 8.84. The molecule has 0 unspecified atom stereocenters. The lowest BCUT2D eigenvalue weighted by Gasteiger charge is -2.13. The van der Waals surface area contributed by atoms with E-state index in [1.165, 1.54) is 48.0 Å². The van der Waals surface area contributed by atoms with E-state index in [0.29, 0.717) is 5.56 Å². The molecule has 0 aliphatic rings. The van der Waals surface area contributed by atoms with Crippen LogP contribution in [0.25, 0.3) is 70.3 Å². The van der Waals surface area contributed by atoms with E-state index in [-0.39, 0.29) is 0 Å². The molecular formula is C38H27N3S. The second-order valence-corrected chi connectivity index (χ2v) is 11.8. The number of nitrogens with zero attached hydrogens (tertiary/aromatic N) is 3. The topological polar surface area (TPSA) is 33.6 Å². The third-order valence-electron chi connectivity index (χ3n) is 8.47. The van der Waals surface area contributed by atoms with Crippen LogP contribution in [0.2, 0.25) is 0 Å². The summed E-state index contributed by atoms with van der Waals surface area (Å²) >= 11 is 1.84. The minimum absolute atomic E-state index is 0.682. The van der Waals surface area contributed by atoms with Gasteiger partial charge in [0.2, 0.25) is 0 Å². The molecule has 3 aromatic heterocycles. The van der Waals surface area contributed by atoms with E-state index in [0.717, 1.165) is 33.9 Å². The minimum Gasteiger partial charge on any atom is -0.309 e. The first-order valence-electron chi connectivity index (χ1n) is 14.4. The van der Waals surface area contributed by atoms with E-state index in [1.807, 2.05) is 23.5 Å². The van der Waals surface area contributed by atoms with Gasteiger partial charge in [-0.25, -0.2) is 0 Å². The van der Waals surface area contributed by atoms with Crippen LogP contribution < -0.4 is 0 Å². The van der Waals surface area contributed by atoms with Crippen LogP contribution in [-0.2, 0) is 6.42 Å². The Morgan fingerprint density at radius 1 is 0.738 bits per heavy atom. The van der Waals surface area contributed by atoms with Crippen molar-refractivity contribution in [3.63, 3.8) is 0 Å². The number of thiophene rings is 1. The third-order valence-corrected chi connectivity index (χ3v) is 9.61. The standard InChI is InChI=1S/C38H27N3S/c1-3-11-31-26(4-2)27-13-5-8-17-33(27)41(31)34-18-10-19-36-37(34)30-22-25(20-21-35(30)42-36)40-32-16-7-6-14-28(32)29-15-9-12-24(23-39)38(29)40/h3,5-22H,4H2,1-2H3/b11-3-. The van der Waals surface area contributed by atoms with Crippen molar-refractivity contribution in [3.8, 4) is 17.4 Å². The highest BCUT2D eigenvalue weighted by molar-refractivity contribution is 7.25. The monoisotopic (exact) mass is 557 g/mol. The van der Waals surface area contributed by atoms with Crippen molar-refractivity contribution in [3.05, 3.63) is 126 Å². The smallest absolute Gasteiger partial charge is 0.101 e. The Kier molecular flexibility index (Phi) is 5.57. The van der Waals surface area contributed by atoms with Crippen molar-refractivity contribution < 1.29 is 0 Å². The molecule has 0 amide bonds. The number of hydrogen-bond acceptors (Lipinski definition) is 2. The predicted molar refractivity (Wildman–Crippen MR) is 179 cm³/mol. The summed E-state index contributed by atoms with van der Waals surface area (Å²) in [7, 11) is 0. The molecule has 200 valence electrons. The lowest BCUT2D eigenvalue weighted by atomic mass is 10.1. The molecule has 0 saturated heterocycles. The summed E-state index contributed by atoms with van der Waals surface area (Å²) in [6, 6.07) is 39.1. The number of aryl methyl sites for hydroxylation is 1. The van der Waals surface area contributed by atoms with Crippen molar-refractivity contribution >= 4 is 70.3 Å². The summed E-state index contributed by atoms with van der Waals surface area (Å²) in [5, 5.41) is 16.1. The first-order valence-corrected chi connectivity index (χ1v) is 15.2. The molecule has 42 heavy (non-hydrogen) atoms. The molecule has 0 bridgehead atoms. The van der Waals surface area contributed by atoms with Crippen LogP contribution in [0.4, 0.5) is 0 Å². The van der Waals surface area contributed by atoms with E-state index < -0.39 is 0 Å². The molecule has 5 aromatic carbocycles. The first-order chi connectivity index (χ1) is 20.7. The highest BCUT2D eigenvalue weighted by Crippen LogP contribution is 2.42. The quantitative estimate of drug-likeness (QED) is 0.212. The highest BCUT2D eigenvalue weighted by Gasteiger charge is 2.20. The zero-order chi connectivity index (χ0) is 28.4. The number of benzene rings is 5. The van der Waals surface area contributed by atoms with Crippen LogP contribution in [0.1, 0.15) is 30.7 Å². The minimum atomic E-state index is 0.682. The normalized spacial score (nSPS) is 12.0. The number of hydrogen-bond donors (Lipinski definition) is 0. The average molecular weight is 558 g/mol. The highest BCUT2D eigenvalue weighted by atomic mass is 32.1. The SMILES string of the molecule is C/C=C\c1c(CC)c2ccccc2n1-c1cccc2sc3ccc(-n4c5ccccc5c5cccc(C#N)c54)cc3c12. The molecule has 3 heterocycles. The summed E-state index contributed by atoms with van der Waals surface area (Å²) in [4.78, 5) is 0. The number of rotatable bonds is 4. The van der Waals surface area contributed by atoms with E-state index in [2.05, 4.69) is 132 Å². The molecule has 0 atom stereocenters. The van der Waals surface area contributed by atoms with Gasteiger partial charge in [0.15, 0.2) is 0 Å². The average Bonchev–Trinajstić information content (AvgIpc) is 3.68. The Balaban J connectivity index is 1.49. The van der Waals surface area contributed by atoms with Gasteiger partial charge in [-0.15, -0.1) is 11.3 Å². The Hall–Kier alpha value is -5.11. The second-order valence-electron chi connectivity index (χ2n) is 10.7.